The number of nitrogens with zero attached hydrogens (tertiary/aromatic N) is 1. The Hall–Kier alpha value is -1.59. The van der Waals surface area contributed by atoms with Crippen molar-refractivity contribution in [3.8, 4) is 5.75 Å². The molecule has 1 atom stereocenters. The predicted molar refractivity (Wildman–Crippen MR) is 82.7 cm³/mol. The first-order valence-corrected chi connectivity index (χ1v) is 7.46. The van der Waals surface area contributed by atoms with Gasteiger partial charge < -0.3 is 15.2 Å². The van der Waals surface area contributed by atoms with E-state index in [1.165, 1.54) is 0 Å². The fraction of sp³-hybridized carbons (Fsp3) is 0.562. The van der Waals surface area contributed by atoms with E-state index < -0.39 is 0 Å². The van der Waals surface area contributed by atoms with E-state index in [4.69, 9.17) is 9.84 Å². The standard InChI is InChI=1S/C16H24N2O3/c1-12-6-7-15(21-2)13(11-12)17-16(20)14-5-3-8-18(14)9-4-10-19/h6-7,11,14,19H,3-5,8-10H2,1-2H3,(H,17,20). The number of rotatable bonds is 6. The Morgan fingerprint density at radius 1 is 1.52 bits per heavy atom. The number of aliphatic hydroxyl groups excluding tert-OH is 1. The van der Waals surface area contributed by atoms with Gasteiger partial charge in [-0.05, 0) is 50.4 Å². The maximum absolute atomic E-state index is 12.5. The van der Waals surface area contributed by atoms with E-state index in [-0.39, 0.29) is 18.6 Å². The SMILES string of the molecule is COc1ccc(C)cc1NC(=O)C1CCCN1CCCO. The van der Waals surface area contributed by atoms with E-state index in [0.29, 0.717) is 12.2 Å². The van der Waals surface area contributed by atoms with Gasteiger partial charge in [0.15, 0.2) is 0 Å². The van der Waals surface area contributed by atoms with Gasteiger partial charge in [0, 0.05) is 13.2 Å². The Bertz CT molecular complexity index is 490. The summed E-state index contributed by atoms with van der Waals surface area (Å²) in [6.45, 7) is 3.83. The fourth-order valence-electron chi connectivity index (χ4n) is 2.80. The van der Waals surface area contributed by atoms with Gasteiger partial charge in [-0.3, -0.25) is 9.69 Å². The lowest BCUT2D eigenvalue weighted by Crippen LogP contribution is -2.40. The Morgan fingerprint density at radius 2 is 2.33 bits per heavy atom. The van der Waals surface area contributed by atoms with Gasteiger partial charge in [-0.1, -0.05) is 6.07 Å². The van der Waals surface area contributed by atoms with Crippen molar-refractivity contribution in [2.24, 2.45) is 0 Å². The van der Waals surface area contributed by atoms with E-state index in [2.05, 4.69) is 10.2 Å². The van der Waals surface area contributed by atoms with Crippen molar-refractivity contribution in [1.29, 1.82) is 0 Å². The summed E-state index contributed by atoms with van der Waals surface area (Å²) in [6, 6.07) is 5.63. The van der Waals surface area contributed by atoms with Crippen LogP contribution in [0.3, 0.4) is 0 Å². The van der Waals surface area contributed by atoms with Gasteiger partial charge in [-0.15, -0.1) is 0 Å². The van der Waals surface area contributed by atoms with Crippen molar-refractivity contribution < 1.29 is 14.6 Å². The van der Waals surface area contributed by atoms with Gasteiger partial charge in [0.05, 0.1) is 18.8 Å². The highest BCUT2D eigenvalue weighted by Crippen LogP contribution is 2.27. The summed E-state index contributed by atoms with van der Waals surface area (Å²) in [4.78, 5) is 14.6. The molecular weight excluding hydrogens is 268 g/mol. The average molecular weight is 292 g/mol. The van der Waals surface area contributed by atoms with Crippen LogP contribution in [0.5, 0.6) is 5.75 Å². The summed E-state index contributed by atoms with van der Waals surface area (Å²) >= 11 is 0. The van der Waals surface area contributed by atoms with Crippen LogP contribution < -0.4 is 10.1 Å². The molecule has 1 aromatic rings. The molecule has 1 aliphatic heterocycles. The van der Waals surface area contributed by atoms with Crippen molar-refractivity contribution in [1.82, 2.24) is 4.90 Å². The number of ether oxygens (including phenoxy) is 1. The molecule has 5 nitrogen and oxygen atoms in total. The maximum atomic E-state index is 12.5. The zero-order chi connectivity index (χ0) is 15.2. The molecule has 0 aromatic heterocycles. The van der Waals surface area contributed by atoms with Gasteiger partial charge in [-0.2, -0.15) is 0 Å². The quantitative estimate of drug-likeness (QED) is 0.839. The van der Waals surface area contributed by atoms with E-state index in [0.717, 1.165) is 37.2 Å². The molecular formula is C16H24N2O3. The molecule has 1 fully saturated rings. The largest absolute Gasteiger partial charge is 0.495 e. The van der Waals surface area contributed by atoms with Gasteiger partial charge in [0.2, 0.25) is 5.91 Å². The number of carbonyl (C=O) groups is 1. The summed E-state index contributed by atoms with van der Waals surface area (Å²) in [6.07, 6.45) is 2.59. The van der Waals surface area contributed by atoms with Crippen molar-refractivity contribution in [2.75, 3.05) is 32.1 Å². The summed E-state index contributed by atoms with van der Waals surface area (Å²) < 4.78 is 5.29. The van der Waals surface area contributed by atoms with E-state index in [1.54, 1.807) is 7.11 Å². The minimum atomic E-state index is -0.109. The molecule has 1 aromatic carbocycles. The average Bonchev–Trinajstić information content (AvgIpc) is 2.94. The van der Waals surface area contributed by atoms with Crippen LogP contribution >= 0.6 is 0 Å². The molecule has 0 saturated carbocycles. The highest BCUT2D eigenvalue weighted by atomic mass is 16.5. The van der Waals surface area contributed by atoms with Crippen molar-refractivity contribution in [3.05, 3.63) is 23.8 Å². The van der Waals surface area contributed by atoms with Crippen LogP contribution in [0.15, 0.2) is 18.2 Å². The highest BCUT2D eigenvalue weighted by Gasteiger charge is 2.30. The maximum Gasteiger partial charge on any atom is 0.241 e. The van der Waals surface area contributed by atoms with Crippen molar-refractivity contribution in [2.45, 2.75) is 32.2 Å². The Kier molecular flexibility index (Phi) is 5.59. The second-order valence-electron chi connectivity index (χ2n) is 5.46. The monoisotopic (exact) mass is 292 g/mol. The molecule has 1 amide bonds. The normalized spacial score (nSPS) is 18.7. The number of methoxy groups -OCH3 is 1. The fourth-order valence-corrected chi connectivity index (χ4v) is 2.80. The van der Waals surface area contributed by atoms with Gasteiger partial charge in [0.25, 0.3) is 0 Å². The molecule has 1 heterocycles. The van der Waals surface area contributed by atoms with Crippen molar-refractivity contribution >= 4 is 11.6 Å². The van der Waals surface area contributed by atoms with Gasteiger partial charge in [0.1, 0.15) is 5.75 Å². The number of amides is 1. The van der Waals surface area contributed by atoms with Crippen LogP contribution in [0.4, 0.5) is 5.69 Å². The molecule has 5 heteroatoms. The molecule has 2 rings (SSSR count). The van der Waals surface area contributed by atoms with Crippen LogP contribution in [0.1, 0.15) is 24.8 Å². The topological polar surface area (TPSA) is 61.8 Å². The van der Waals surface area contributed by atoms with Crippen LogP contribution in [0.2, 0.25) is 0 Å². The molecule has 2 N–H and O–H groups in total. The van der Waals surface area contributed by atoms with Crippen LogP contribution in [-0.2, 0) is 4.79 Å². The second-order valence-corrected chi connectivity index (χ2v) is 5.46. The van der Waals surface area contributed by atoms with Crippen LogP contribution in [0, 0.1) is 6.92 Å². The van der Waals surface area contributed by atoms with E-state index >= 15 is 0 Å². The second kappa shape index (κ2) is 7.43. The molecule has 1 saturated heterocycles. The Morgan fingerprint density at radius 3 is 3.05 bits per heavy atom. The molecule has 0 aliphatic carbocycles. The third-order valence-corrected chi connectivity index (χ3v) is 3.88. The van der Waals surface area contributed by atoms with Crippen molar-refractivity contribution in [3.63, 3.8) is 0 Å². The van der Waals surface area contributed by atoms with Crippen LogP contribution in [-0.4, -0.2) is 48.8 Å². The zero-order valence-corrected chi connectivity index (χ0v) is 12.8. The Balaban J connectivity index is 2.05. The van der Waals surface area contributed by atoms with E-state index in [1.807, 2.05) is 25.1 Å². The molecule has 1 aliphatic rings. The first-order chi connectivity index (χ1) is 10.2. The number of likely N-dealkylation sites (tertiary alicyclic amines) is 1. The minimum Gasteiger partial charge on any atom is -0.495 e. The molecule has 21 heavy (non-hydrogen) atoms. The lowest BCUT2D eigenvalue weighted by Gasteiger charge is -2.23. The summed E-state index contributed by atoms with van der Waals surface area (Å²) in [5.74, 6) is 0.684. The lowest BCUT2D eigenvalue weighted by molar-refractivity contribution is -0.120. The van der Waals surface area contributed by atoms with Gasteiger partial charge >= 0.3 is 0 Å². The molecule has 1 unspecified atom stereocenters. The highest BCUT2D eigenvalue weighted by molar-refractivity contribution is 5.96. The number of aliphatic hydroxyl groups is 1. The summed E-state index contributed by atoms with van der Waals surface area (Å²) in [5, 5.41) is 11.9. The van der Waals surface area contributed by atoms with E-state index in [9.17, 15) is 4.79 Å². The minimum absolute atomic E-state index is 0.00865. The van der Waals surface area contributed by atoms with Crippen LogP contribution in [0.25, 0.3) is 0 Å². The number of nitrogens with one attached hydrogen (secondary N) is 1. The lowest BCUT2D eigenvalue weighted by atomic mass is 10.1. The molecule has 0 bridgehead atoms. The first kappa shape index (κ1) is 15.8. The smallest absolute Gasteiger partial charge is 0.241 e. The molecule has 116 valence electrons. The summed E-state index contributed by atoms with van der Waals surface area (Å²) in [5.41, 5.74) is 1.80. The third-order valence-electron chi connectivity index (χ3n) is 3.88. The number of hydrogen-bond donors (Lipinski definition) is 2. The third kappa shape index (κ3) is 3.95. The first-order valence-electron chi connectivity index (χ1n) is 7.46. The number of hydrogen-bond acceptors (Lipinski definition) is 4. The number of benzene rings is 1. The number of carbonyl (C=O) groups excluding carboxylic acids is 1. The Labute approximate surface area is 125 Å². The summed E-state index contributed by atoms with van der Waals surface area (Å²) in [7, 11) is 1.60. The zero-order valence-electron chi connectivity index (χ0n) is 12.8. The predicted octanol–water partition coefficient (Wildman–Crippen LogP) is 1.79. The number of aryl methyl sites for hydroxylation is 1. The number of anilines is 1. The molecule has 0 spiro atoms. The molecule has 0 radical (unpaired) electrons. The van der Waals surface area contributed by atoms with Gasteiger partial charge in [-0.25, -0.2) is 0 Å².